The molecule has 1 fully saturated rings. The van der Waals surface area contributed by atoms with Crippen molar-refractivity contribution < 1.29 is 14.3 Å². The predicted molar refractivity (Wildman–Crippen MR) is 137 cm³/mol. The summed E-state index contributed by atoms with van der Waals surface area (Å²) >= 11 is 5.36. The first kappa shape index (κ1) is 24.8. The Morgan fingerprint density at radius 2 is 1.89 bits per heavy atom. The number of likely N-dealkylation sites (tertiary alicyclic amines) is 1. The van der Waals surface area contributed by atoms with Crippen LogP contribution in [0.3, 0.4) is 0 Å². The molecule has 0 atom stereocenters. The van der Waals surface area contributed by atoms with E-state index in [9.17, 15) is 14.4 Å². The van der Waals surface area contributed by atoms with Gasteiger partial charge in [0.2, 0.25) is 5.91 Å². The molecule has 0 radical (unpaired) electrons. The molecule has 2 N–H and O–H groups in total. The summed E-state index contributed by atoms with van der Waals surface area (Å²) in [6, 6.07) is 15.3. The second-order valence-electron chi connectivity index (χ2n) is 8.85. The maximum atomic E-state index is 12.9. The fourth-order valence-corrected chi connectivity index (χ4v) is 4.76. The van der Waals surface area contributed by atoms with Crippen LogP contribution in [0.5, 0.6) is 0 Å². The van der Waals surface area contributed by atoms with E-state index in [1.807, 2.05) is 6.07 Å². The summed E-state index contributed by atoms with van der Waals surface area (Å²) in [6.45, 7) is 3.19. The van der Waals surface area contributed by atoms with Crippen molar-refractivity contribution in [3.63, 3.8) is 0 Å². The first-order valence-electron chi connectivity index (χ1n) is 11.9. The molecule has 9 heteroatoms. The Morgan fingerprint density at radius 3 is 2.60 bits per heavy atom. The Balaban J connectivity index is 1.27. The van der Waals surface area contributed by atoms with Gasteiger partial charge in [0.05, 0.1) is 23.6 Å². The van der Waals surface area contributed by atoms with E-state index in [2.05, 4.69) is 39.5 Å². The molecule has 0 unspecified atom stereocenters. The number of carbonyl (C=O) groups is 2. The van der Waals surface area contributed by atoms with Crippen LogP contribution in [0.4, 0.5) is 0 Å². The Labute approximate surface area is 208 Å². The molecule has 0 spiro atoms. The van der Waals surface area contributed by atoms with Gasteiger partial charge in [0.25, 0.3) is 5.56 Å². The maximum Gasteiger partial charge on any atom is 0.337 e. The molecule has 1 aliphatic rings. The van der Waals surface area contributed by atoms with Crippen molar-refractivity contribution in [1.29, 1.82) is 0 Å². The van der Waals surface area contributed by atoms with E-state index < -0.39 is 5.97 Å². The van der Waals surface area contributed by atoms with Gasteiger partial charge in [-0.25, -0.2) is 4.79 Å². The van der Waals surface area contributed by atoms with Crippen LogP contribution in [0.1, 0.15) is 41.6 Å². The summed E-state index contributed by atoms with van der Waals surface area (Å²) < 4.78 is 6.45. The topological polar surface area (TPSA) is 96.4 Å². The van der Waals surface area contributed by atoms with Crippen molar-refractivity contribution in [2.45, 2.75) is 44.8 Å². The molecular formula is C26H30N4O4S. The van der Waals surface area contributed by atoms with E-state index in [-0.39, 0.29) is 22.3 Å². The number of rotatable bonds is 8. The Morgan fingerprint density at radius 1 is 1.14 bits per heavy atom. The van der Waals surface area contributed by atoms with Crippen molar-refractivity contribution in [2.75, 3.05) is 20.2 Å². The zero-order valence-electron chi connectivity index (χ0n) is 19.8. The van der Waals surface area contributed by atoms with Crippen molar-refractivity contribution >= 4 is 35.0 Å². The second kappa shape index (κ2) is 11.4. The van der Waals surface area contributed by atoms with Gasteiger partial charge in [-0.1, -0.05) is 30.3 Å². The molecule has 1 saturated heterocycles. The summed E-state index contributed by atoms with van der Waals surface area (Å²) in [5.41, 5.74) is 1.88. The van der Waals surface area contributed by atoms with Gasteiger partial charge in [0, 0.05) is 38.6 Å². The number of methoxy groups -OCH3 is 1. The van der Waals surface area contributed by atoms with Crippen LogP contribution >= 0.6 is 12.2 Å². The highest BCUT2D eigenvalue weighted by atomic mass is 32.1. The van der Waals surface area contributed by atoms with E-state index in [1.165, 1.54) is 17.2 Å². The molecule has 2 aromatic carbocycles. The minimum absolute atomic E-state index is 0.00188. The summed E-state index contributed by atoms with van der Waals surface area (Å²) in [4.78, 5) is 42.6. The van der Waals surface area contributed by atoms with Crippen molar-refractivity contribution in [1.82, 2.24) is 19.8 Å². The number of amides is 1. The van der Waals surface area contributed by atoms with E-state index in [1.54, 1.807) is 18.2 Å². The lowest BCUT2D eigenvalue weighted by molar-refractivity contribution is -0.122. The lowest BCUT2D eigenvalue weighted by Crippen LogP contribution is -2.44. The van der Waals surface area contributed by atoms with E-state index in [4.69, 9.17) is 17.0 Å². The summed E-state index contributed by atoms with van der Waals surface area (Å²) in [5.74, 6) is -0.485. The average Bonchev–Trinajstić information content (AvgIpc) is 2.87. The first-order chi connectivity index (χ1) is 16.9. The standard InChI is InChI=1S/C26H30N4O4S/c1-34-25(33)19-9-10-21-22(16-19)28-26(35)30(24(21)32)13-5-8-23(31)27-20-11-14-29(15-12-20)17-18-6-3-2-4-7-18/h2-4,6-7,9-10,16,20H,5,8,11-15,17H2,1H3,(H,27,31)(H,28,35). The van der Waals surface area contributed by atoms with Crippen molar-refractivity contribution in [3.05, 3.63) is 74.8 Å². The Kier molecular flexibility index (Phi) is 8.09. The van der Waals surface area contributed by atoms with Gasteiger partial charge in [-0.05, 0) is 55.2 Å². The van der Waals surface area contributed by atoms with E-state index in [0.29, 0.717) is 35.9 Å². The molecule has 1 aromatic heterocycles. The van der Waals surface area contributed by atoms with Crippen LogP contribution in [0.15, 0.2) is 53.3 Å². The molecule has 8 nitrogen and oxygen atoms in total. The number of fused-ring (bicyclic) bond motifs is 1. The number of piperidine rings is 1. The molecule has 2 heterocycles. The number of hydrogen-bond acceptors (Lipinski definition) is 6. The van der Waals surface area contributed by atoms with Gasteiger partial charge in [0.1, 0.15) is 0 Å². The third-order valence-electron chi connectivity index (χ3n) is 6.39. The number of aromatic nitrogens is 2. The van der Waals surface area contributed by atoms with Crippen LogP contribution < -0.4 is 10.9 Å². The van der Waals surface area contributed by atoms with E-state index in [0.717, 1.165) is 32.5 Å². The summed E-state index contributed by atoms with van der Waals surface area (Å²) in [6.07, 6.45) is 2.69. The van der Waals surface area contributed by atoms with Crippen LogP contribution in [0.2, 0.25) is 0 Å². The number of esters is 1. The minimum atomic E-state index is -0.483. The van der Waals surface area contributed by atoms with Gasteiger partial charge in [-0.15, -0.1) is 0 Å². The number of nitrogens with one attached hydrogen (secondary N) is 2. The fourth-order valence-electron chi connectivity index (χ4n) is 4.48. The smallest absolute Gasteiger partial charge is 0.337 e. The molecule has 0 saturated carbocycles. The number of carbonyl (C=O) groups excluding carboxylic acids is 2. The molecular weight excluding hydrogens is 464 g/mol. The lowest BCUT2D eigenvalue weighted by atomic mass is 10.0. The number of hydrogen-bond donors (Lipinski definition) is 2. The summed E-state index contributed by atoms with van der Waals surface area (Å²) in [5, 5.41) is 3.57. The third kappa shape index (κ3) is 6.23. The van der Waals surface area contributed by atoms with Crippen molar-refractivity contribution in [3.8, 4) is 0 Å². The number of H-pyrrole nitrogens is 1. The van der Waals surface area contributed by atoms with Crippen molar-refractivity contribution in [2.24, 2.45) is 0 Å². The SMILES string of the molecule is COC(=O)c1ccc2c(=O)n(CCCC(=O)NC3CCN(Cc4ccccc4)CC3)c(=S)[nH]c2c1. The number of aromatic amines is 1. The molecule has 35 heavy (non-hydrogen) atoms. The Bertz CT molecular complexity index is 1310. The molecule has 4 rings (SSSR count). The second-order valence-corrected chi connectivity index (χ2v) is 9.23. The monoisotopic (exact) mass is 494 g/mol. The molecule has 0 aliphatic carbocycles. The quantitative estimate of drug-likeness (QED) is 0.368. The average molecular weight is 495 g/mol. The van der Waals surface area contributed by atoms with Gasteiger partial charge in [0.15, 0.2) is 4.77 Å². The highest BCUT2D eigenvalue weighted by molar-refractivity contribution is 7.71. The molecule has 1 amide bonds. The van der Waals surface area contributed by atoms with Crippen LogP contribution in [-0.4, -0.2) is 52.6 Å². The molecule has 1 aliphatic heterocycles. The zero-order valence-corrected chi connectivity index (χ0v) is 20.6. The van der Waals surface area contributed by atoms with Gasteiger partial charge < -0.3 is 15.0 Å². The van der Waals surface area contributed by atoms with Gasteiger partial charge >= 0.3 is 5.97 Å². The first-order valence-corrected chi connectivity index (χ1v) is 12.3. The number of benzene rings is 2. The van der Waals surface area contributed by atoms with Crippen LogP contribution in [-0.2, 0) is 22.6 Å². The predicted octanol–water partition coefficient (Wildman–Crippen LogP) is 3.41. The fraction of sp³-hybridized carbons (Fsp3) is 0.385. The normalized spacial score (nSPS) is 14.7. The zero-order chi connectivity index (χ0) is 24.8. The lowest BCUT2D eigenvalue weighted by Gasteiger charge is -2.32. The third-order valence-corrected chi connectivity index (χ3v) is 6.71. The van der Waals surface area contributed by atoms with Crippen LogP contribution in [0, 0.1) is 4.77 Å². The van der Waals surface area contributed by atoms with Crippen LogP contribution in [0.25, 0.3) is 10.9 Å². The summed E-state index contributed by atoms with van der Waals surface area (Å²) in [7, 11) is 1.30. The van der Waals surface area contributed by atoms with E-state index >= 15 is 0 Å². The highest BCUT2D eigenvalue weighted by Crippen LogP contribution is 2.15. The molecule has 184 valence electrons. The Hall–Kier alpha value is -3.30. The molecule has 3 aromatic rings. The van der Waals surface area contributed by atoms with Gasteiger partial charge in [-0.3, -0.25) is 19.1 Å². The number of nitrogens with zero attached hydrogens (tertiary/aromatic N) is 2. The minimum Gasteiger partial charge on any atom is -0.465 e. The maximum absolute atomic E-state index is 12.9. The molecule has 0 bridgehead atoms. The largest absolute Gasteiger partial charge is 0.465 e. The highest BCUT2D eigenvalue weighted by Gasteiger charge is 2.20. The number of ether oxygens (including phenoxy) is 1. The van der Waals surface area contributed by atoms with Gasteiger partial charge in [-0.2, -0.15) is 0 Å².